The molecule has 1 N–H and O–H groups in total. The third-order valence-electron chi connectivity index (χ3n) is 6.71. The Morgan fingerprint density at radius 1 is 1.00 bits per heavy atom. The molecule has 5 rings (SSSR count). The molecule has 0 amide bonds. The van der Waals surface area contributed by atoms with Gasteiger partial charge in [-0.1, -0.05) is 24.2 Å². The molecule has 0 saturated heterocycles. The summed E-state index contributed by atoms with van der Waals surface area (Å²) >= 11 is 0. The van der Waals surface area contributed by atoms with Gasteiger partial charge in [0.2, 0.25) is 0 Å². The summed E-state index contributed by atoms with van der Waals surface area (Å²) in [4.78, 5) is 3.88. The molecular formula is C29H25F3N4O4. The Balaban J connectivity index is 1.34. The van der Waals surface area contributed by atoms with Gasteiger partial charge in [0.25, 0.3) is 0 Å². The molecular weight excluding hydrogens is 525 g/mol. The average molecular weight is 551 g/mol. The summed E-state index contributed by atoms with van der Waals surface area (Å²) in [6.07, 6.45) is 2.68. The Hall–Kier alpha value is -4.64. The van der Waals surface area contributed by atoms with E-state index in [1.54, 1.807) is 49.4 Å². The molecule has 0 saturated carbocycles. The van der Waals surface area contributed by atoms with Gasteiger partial charge in [0.15, 0.2) is 11.6 Å². The van der Waals surface area contributed by atoms with E-state index in [1.165, 1.54) is 36.6 Å². The van der Waals surface area contributed by atoms with E-state index in [4.69, 9.17) is 14.0 Å². The Morgan fingerprint density at radius 3 is 2.50 bits per heavy atom. The standard InChI is InChI=1S/C29H25F3N4O4/c1-18(29(37,15-36-17-33-16-34-36)23-9-6-21(30)12-25(23)32)27-13-26(35-40-27)20-4-7-22(8-5-20)39-14-19-3-10-24(31)28(11-19)38-2/h3-13,16-18,37H,14-15H2,1-2H3/t18-,29+/m0/s1. The van der Waals surface area contributed by atoms with E-state index in [-0.39, 0.29) is 30.2 Å². The predicted octanol–water partition coefficient (Wildman–Crippen LogP) is 5.63. The highest BCUT2D eigenvalue weighted by Crippen LogP contribution is 2.40. The van der Waals surface area contributed by atoms with Crippen molar-refractivity contribution in [3.63, 3.8) is 0 Å². The van der Waals surface area contributed by atoms with Crippen LogP contribution < -0.4 is 9.47 Å². The van der Waals surface area contributed by atoms with Crippen LogP contribution >= 0.6 is 0 Å². The van der Waals surface area contributed by atoms with Crippen LogP contribution in [0.3, 0.4) is 0 Å². The highest BCUT2D eigenvalue weighted by molar-refractivity contribution is 5.60. The second-order valence-corrected chi connectivity index (χ2v) is 9.26. The first kappa shape index (κ1) is 26.9. The molecule has 0 unspecified atom stereocenters. The number of rotatable bonds is 10. The van der Waals surface area contributed by atoms with E-state index in [0.29, 0.717) is 17.0 Å². The van der Waals surface area contributed by atoms with Crippen LogP contribution in [0.1, 0.15) is 29.7 Å². The summed E-state index contributed by atoms with van der Waals surface area (Å²) in [6.45, 7) is 1.70. The minimum atomic E-state index is -1.87. The number of benzene rings is 3. The first-order valence-electron chi connectivity index (χ1n) is 12.3. The van der Waals surface area contributed by atoms with Crippen LogP contribution in [-0.4, -0.2) is 32.1 Å². The number of aliphatic hydroxyl groups is 1. The summed E-state index contributed by atoms with van der Waals surface area (Å²) in [7, 11) is 1.40. The smallest absolute Gasteiger partial charge is 0.165 e. The fourth-order valence-corrected chi connectivity index (χ4v) is 4.40. The zero-order valence-corrected chi connectivity index (χ0v) is 21.6. The monoisotopic (exact) mass is 550 g/mol. The summed E-state index contributed by atoms with van der Waals surface area (Å²) < 4.78 is 59.8. The first-order chi connectivity index (χ1) is 19.3. The van der Waals surface area contributed by atoms with Gasteiger partial charge in [-0.25, -0.2) is 22.8 Å². The summed E-state index contributed by atoms with van der Waals surface area (Å²) in [6, 6.07) is 16.2. The molecule has 5 aromatic rings. The molecule has 0 aliphatic heterocycles. The lowest BCUT2D eigenvalue weighted by atomic mass is 9.80. The largest absolute Gasteiger partial charge is 0.494 e. The molecule has 0 radical (unpaired) electrons. The van der Waals surface area contributed by atoms with Crippen LogP contribution in [0.4, 0.5) is 13.2 Å². The van der Waals surface area contributed by atoms with E-state index in [2.05, 4.69) is 15.2 Å². The molecule has 0 bridgehead atoms. The van der Waals surface area contributed by atoms with Crippen molar-refractivity contribution in [2.24, 2.45) is 0 Å². The Bertz CT molecular complexity index is 1590. The van der Waals surface area contributed by atoms with Crippen molar-refractivity contribution in [2.75, 3.05) is 7.11 Å². The lowest BCUT2D eigenvalue weighted by molar-refractivity contribution is -0.0181. The second kappa shape index (κ2) is 11.2. The van der Waals surface area contributed by atoms with Gasteiger partial charge in [0, 0.05) is 23.3 Å². The van der Waals surface area contributed by atoms with Crippen molar-refractivity contribution in [1.29, 1.82) is 0 Å². The minimum absolute atomic E-state index is 0.116. The van der Waals surface area contributed by atoms with E-state index in [0.717, 1.165) is 17.7 Å². The molecule has 2 aromatic heterocycles. The van der Waals surface area contributed by atoms with Gasteiger partial charge in [-0.2, -0.15) is 5.10 Å². The van der Waals surface area contributed by atoms with Crippen molar-refractivity contribution >= 4 is 0 Å². The van der Waals surface area contributed by atoms with E-state index in [1.807, 2.05) is 0 Å². The quantitative estimate of drug-likeness (QED) is 0.241. The highest BCUT2D eigenvalue weighted by Gasteiger charge is 2.42. The third-order valence-corrected chi connectivity index (χ3v) is 6.71. The molecule has 206 valence electrons. The van der Waals surface area contributed by atoms with E-state index in [9.17, 15) is 18.3 Å². The zero-order valence-electron chi connectivity index (χ0n) is 21.6. The summed E-state index contributed by atoms with van der Waals surface area (Å²) in [5, 5.41) is 19.9. The van der Waals surface area contributed by atoms with Crippen LogP contribution in [0.5, 0.6) is 11.5 Å². The number of nitrogens with zero attached hydrogens (tertiary/aromatic N) is 4. The highest BCUT2D eigenvalue weighted by atomic mass is 19.1. The maximum Gasteiger partial charge on any atom is 0.165 e. The van der Waals surface area contributed by atoms with Gasteiger partial charge >= 0.3 is 0 Å². The van der Waals surface area contributed by atoms with Crippen LogP contribution in [-0.2, 0) is 18.8 Å². The van der Waals surface area contributed by atoms with Crippen molar-refractivity contribution < 1.29 is 32.3 Å². The Kier molecular flexibility index (Phi) is 7.56. The van der Waals surface area contributed by atoms with E-state index < -0.39 is 29.0 Å². The fourth-order valence-electron chi connectivity index (χ4n) is 4.40. The van der Waals surface area contributed by atoms with Crippen molar-refractivity contribution in [2.45, 2.75) is 31.6 Å². The van der Waals surface area contributed by atoms with Gasteiger partial charge in [-0.05, 0) is 48.0 Å². The topological polar surface area (TPSA) is 95.4 Å². The van der Waals surface area contributed by atoms with Gasteiger partial charge in [0.1, 0.15) is 53.7 Å². The summed E-state index contributed by atoms with van der Waals surface area (Å²) in [5.41, 5.74) is -0.0445. The van der Waals surface area contributed by atoms with Gasteiger partial charge in [-0.3, -0.25) is 0 Å². The molecule has 11 heteroatoms. The molecule has 2 atom stereocenters. The van der Waals surface area contributed by atoms with Gasteiger partial charge in [-0.15, -0.1) is 0 Å². The molecule has 0 aliphatic carbocycles. The number of ether oxygens (including phenoxy) is 2. The number of methoxy groups -OCH3 is 1. The van der Waals surface area contributed by atoms with Crippen LogP contribution in [0, 0.1) is 17.5 Å². The molecule has 0 aliphatic rings. The first-order valence-corrected chi connectivity index (χ1v) is 12.3. The molecule has 3 aromatic carbocycles. The Labute approximate surface area is 227 Å². The Morgan fingerprint density at radius 2 is 1.80 bits per heavy atom. The molecule has 0 spiro atoms. The number of halogens is 3. The zero-order chi connectivity index (χ0) is 28.3. The van der Waals surface area contributed by atoms with E-state index >= 15 is 0 Å². The number of aromatic nitrogens is 4. The lowest BCUT2D eigenvalue weighted by Crippen LogP contribution is -2.38. The predicted molar refractivity (Wildman–Crippen MR) is 138 cm³/mol. The second-order valence-electron chi connectivity index (χ2n) is 9.26. The average Bonchev–Trinajstić information content (AvgIpc) is 3.65. The van der Waals surface area contributed by atoms with Crippen molar-refractivity contribution in [3.8, 4) is 22.8 Å². The normalized spacial score (nSPS) is 13.6. The van der Waals surface area contributed by atoms with Crippen molar-refractivity contribution in [1.82, 2.24) is 19.9 Å². The molecule has 2 heterocycles. The number of hydrogen-bond acceptors (Lipinski definition) is 7. The number of hydrogen-bond donors (Lipinski definition) is 1. The van der Waals surface area contributed by atoms with Crippen LogP contribution in [0.15, 0.2) is 83.9 Å². The summed E-state index contributed by atoms with van der Waals surface area (Å²) in [5.74, 6) is -1.91. The molecule has 8 nitrogen and oxygen atoms in total. The van der Waals surface area contributed by atoms with Crippen LogP contribution in [0.25, 0.3) is 11.3 Å². The van der Waals surface area contributed by atoms with Crippen molar-refractivity contribution in [3.05, 3.63) is 114 Å². The maximum absolute atomic E-state index is 14.9. The van der Waals surface area contributed by atoms with Gasteiger partial charge < -0.3 is 19.1 Å². The van der Waals surface area contributed by atoms with Gasteiger partial charge in [0.05, 0.1) is 19.6 Å². The molecule has 40 heavy (non-hydrogen) atoms. The fraction of sp³-hybridized carbons (Fsp3) is 0.207. The lowest BCUT2D eigenvalue weighted by Gasteiger charge is -2.33. The van der Waals surface area contributed by atoms with Crippen LogP contribution in [0.2, 0.25) is 0 Å². The minimum Gasteiger partial charge on any atom is -0.494 e. The SMILES string of the molecule is COc1cc(COc2ccc(-c3cc([C@H](C)[C@](O)(Cn4cncn4)c4ccc(F)cc4F)on3)cc2)ccc1F. The maximum atomic E-state index is 14.9. The molecule has 0 fully saturated rings. The third kappa shape index (κ3) is 5.55.